The van der Waals surface area contributed by atoms with E-state index in [0.717, 1.165) is 25.8 Å². The van der Waals surface area contributed by atoms with Crippen LogP contribution in [0.25, 0.3) is 0 Å². The number of aliphatic hydroxyl groups is 1. The summed E-state index contributed by atoms with van der Waals surface area (Å²) in [5.41, 5.74) is 2.50. The van der Waals surface area contributed by atoms with E-state index in [2.05, 4.69) is 48.6 Å². The second-order valence-electron chi connectivity index (χ2n) is 5.75. The van der Waals surface area contributed by atoms with E-state index >= 15 is 0 Å². The zero-order valence-corrected chi connectivity index (χ0v) is 12.1. The number of rotatable bonds is 4. The number of anilines is 1. The maximum atomic E-state index is 10.1. The van der Waals surface area contributed by atoms with Gasteiger partial charge < -0.3 is 15.3 Å². The minimum atomic E-state index is -0.177. The summed E-state index contributed by atoms with van der Waals surface area (Å²) < 4.78 is 0. The molecule has 2 rings (SSSR count). The molecule has 1 aliphatic rings. The average molecular weight is 262 g/mol. The van der Waals surface area contributed by atoms with Crippen LogP contribution in [0.2, 0.25) is 0 Å². The minimum absolute atomic E-state index is 0.177. The highest BCUT2D eigenvalue weighted by Gasteiger charge is 2.20. The van der Waals surface area contributed by atoms with Gasteiger partial charge >= 0.3 is 0 Å². The van der Waals surface area contributed by atoms with Crippen molar-refractivity contribution in [2.45, 2.75) is 50.8 Å². The lowest BCUT2D eigenvalue weighted by Gasteiger charge is -2.22. The SMILES string of the molecule is CN(C)c1ccc(CNC2CCCCCC2O)cc1. The van der Waals surface area contributed by atoms with Gasteiger partial charge in [-0.05, 0) is 30.5 Å². The van der Waals surface area contributed by atoms with Gasteiger partial charge in [0, 0.05) is 32.4 Å². The molecule has 0 amide bonds. The van der Waals surface area contributed by atoms with E-state index in [0.29, 0.717) is 0 Å². The highest BCUT2D eigenvalue weighted by molar-refractivity contribution is 5.45. The zero-order valence-electron chi connectivity index (χ0n) is 12.1. The Balaban J connectivity index is 1.87. The summed E-state index contributed by atoms with van der Waals surface area (Å²) in [6.45, 7) is 0.843. The van der Waals surface area contributed by atoms with Crippen LogP contribution in [0.4, 0.5) is 5.69 Å². The Labute approximate surface area is 116 Å². The summed E-state index contributed by atoms with van der Waals surface area (Å²) >= 11 is 0. The maximum absolute atomic E-state index is 10.1. The van der Waals surface area contributed by atoms with Gasteiger partial charge in [-0.1, -0.05) is 31.4 Å². The summed E-state index contributed by atoms with van der Waals surface area (Å²) in [5, 5.41) is 13.6. The number of nitrogens with zero attached hydrogens (tertiary/aromatic N) is 1. The van der Waals surface area contributed by atoms with Crippen LogP contribution in [0.1, 0.15) is 37.7 Å². The summed E-state index contributed by atoms with van der Waals surface area (Å²) in [4.78, 5) is 2.10. The zero-order chi connectivity index (χ0) is 13.7. The van der Waals surface area contributed by atoms with Gasteiger partial charge in [0.15, 0.2) is 0 Å². The Bertz CT molecular complexity index is 375. The van der Waals surface area contributed by atoms with Crippen molar-refractivity contribution in [3.05, 3.63) is 29.8 Å². The van der Waals surface area contributed by atoms with Crippen molar-refractivity contribution in [2.24, 2.45) is 0 Å². The fraction of sp³-hybridized carbons (Fsp3) is 0.625. The van der Waals surface area contributed by atoms with E-state index in [1.165, 1.54) is 24.1 Å². The van der Waals surface area contributed by atoms with Gasteiger partial charge in [0.05, 0.1) is 6.10 Å². The van der Waals surface area contributed by atoms with E-state index in [9.17, 15) is 5.11 Å². The van der Waals surface area contributed by atoms with Crippen LogP contribution in [-0.4, -0.2) is 31.3 Å². The van der Waals surface area contributed by atoms with Crippen molar-refractivity contribution < 1.29 is 5.11 Å². The van der Waals surface area contributed by atoms with E-state index in [1.54, 1.807) is 0 Å². The number of benzene rings is 1. The van der Waals surface area contributed by atoms with E-state index in [-0.39, 0.29) is 12.1 Å². The largest absolute Gasteiger partial charge is 0.392 e. The van der Waals surface area contributed by atoms with Crippen LogP contribution in [0.5, 0.6) is 0 Å². The van der Waals surface area contributed by atoms with Gasteiger partial charge in [-0.15, -0.1) is 0 Å². The van der Waals surface area contributed by atoms with Gasteiger partial charge in [-0.2, -0.15) is 0 Å². The maximum Gasteiger partial charge on any atom is 0.0693 e. The molecule has 0 aromatic heterocycles. The first-order valence-corrected chi connectivity index (χ1v) is 7.34. The summed E-state index contributed by atoms with van der Waals surface area (Å²) in [5.74, 6) is 0. The third-order valence-electron chi connectivity index (χ3n) is 4.00. The number of hydrogen-bond acceptors (Lipinski definition) is 3. The summed E-state index contributed by atoms with van der Waals surface area (Å²) in [6.07, 6.45) is 5.51. The number of aliphatic hydroxyl groups excluding tert-OH is 1. The molecule has 0 radical (unpaired) electrons. The Kier molecular flexibility index (Phi) is 5.23. The molecule has 19 heavy (non-hydrogen) atoms. The average Bonchev–Trinajstić information content (AvgIpc) is 2.61. The molecule has 3 heteroatoms. The van der Waals surface area contributed by atoms with E-state index in [1.807, 2.05) is 0 Å². The Morgan fingerprint density at radius 2 is 1.79 bits per heavy atom. The van der Waals surface area contributed by atoms with Crippen molar-refractivity contribution in [3.8, 4) is 0 Å². The topological polar surface area (TPSA) is 35.5 Å². The van der Waals surface area contributed by atoms with Gasteiger partial charge in [-0.25, -0.2) is 0 Å². The van der Waals surface area contributed by atoms with E-state index in [4.69, 9.17) is 0 Å². The minimum Gasteiger partial charge on any atom is -0.392 e. The van der Waals surface area contributed by atoms with Crippen molar-refractivity contribution >= 4 is 5.69 Å². The second-order valence-corrected chi connectivity index (χ2v) is 5.75. The van der Waals surface area contributed by atoms with Crippen LogP contribution in [0, 0.1) is 0 Å². The van der Waals surface area contributed by atoms with Crippen LogP contribution >= 0.6 is 0 Å². The van der Waals surface area contributed by atoms with Crippen LogP contribution < -0.4 is 10.2 Å². The van der Waals surface area contributed by atoms with Gasteiger partial charge in [0.25, 0.3) is 0 Å². The van der Waals surface area contributed by atoms with Gasteiger partial charge in [-0.3, -0.25) is 0 Å². The van der Waals surface area contributed by atoms with Crippen molar-refractivity contribution in [2.75, 3.05) is 19.0 Å². The predicted octanol–water partition coefficient (Wildman–Crippen LogP) is 2.54. The molecule has 0 bridgehead atoms. The number of nitrogens with one attached hydrogen (secondary N) is 1. The molecule has 2 N–H and O–H groups in total. The van der Waals surface area contributed by atoms with Crippen LogP contribution in [0.3, 0.4) is 0 Å². The lowest BCUT2D eigenvalue weighted by atomic mass is 10.1. The standard InChI is InChI=1S/C16H26N2O/c1-18(2)14-10-8-13(9-11-14)12-17-15-6-4-3-5-7-16(15)19/h8-11,15-17,19H,3-7,12H2,1-2H3. The Hall–Kier alpha value is -1.06. The molecule has 3 nitrogen and oxygen atoms in total. The van der Waals surface area contributed by atoms with Crippen molar-refractivity contribution in [1.29, 1.82) is 0 Å². The number of hydrogen-bond donors (Lipinski definition) is 2. The lowest BCUT2D eigenvalue weighted by molar-refractivity contribution is 0.119. The molecular formula is C16H26N2O. The highest BCUT2D eigenvalue weighted by Crippen LogP contribution is 2.19. The lowest BCUT2D eigenvalue weighted by Crippen LogP contribution is -2.38. The molecule has 2 atom stereocenters. The Morgan fingerprint density at radius 1 is 1.11 bits per heavy atom. The van der Waals surface area contributed by atoms with Crippen LogP contribution in [0.15, 0.2) is 24.3 Å². The fourth-order valence-electron chi connectivity index (χ4n) is 2.69. The monoisotopic (exact) mass is 262 g/mol. The Morgan fingerprint density at radius 3 is 2.47 bits per heavy atom. The van der Waals surface area contributed by atoms with E-state index < -0.39 is 0 Å². The predicted molar refractivity (Wildman–Crippen MR) is 80.5 cm³/mol. The molecule has 1 fully saturated rings. The van der Waals surface area contributed by atoms with Gasteiger partial charge in [0.2, 0.25) is 0 Å². The molecule has 0 saturated heterocycles. The van der Waals surface area contributed by atoms with Gasteiger partial charge in [0.1, 0.15) is 0 Å². The smallest absolute Gasteiger partial charge is 0.0693 e. The first kappa shape index (κ1) is 14.4. The molecule has 106 valence electrons. The molecule has 1 saturated carbocycles. The fourth-order valence-corrected chi connectivity index (χ4v) is 2.69. The third kappa shape index (κ3) is 4.22. The molecule has 1 aliphatic carbocycles. The third-order valence-corrected chi connectivity index (χ3v) is 4.00. The molecule has 2 unspecified atom stereocenters. The summed E-state index contributed by atoms with van der Waals surface area (Å²) in [6, 6.07) is 8.86. The first-order chi connectivity index (χ1) is 9.16. The quantitative estimate of drug-likeness (QED) is 0.819. The highest BCUT2D eigenvalue weighted by atomic mass is 16.3. The van der Waals surface area contributed by atoms with Crippen molar-refractivity contribution in [3.63, 3.8) is 0 Å². The van der Waals surface area contributed by atoms with Crippen molar-refractivity contribution in [1.82, 2.24) is 5.32 Å². The first-order valence-electron chi connectivity index (χ1n) is 7.34. The molecular weight excluding hydrogens is 236 g/mol. The normalized spacial score (nSPS) is 23.9. The molecule has 0 spiro atoms. The molecule has 1 aromatic rings. The molecule has 0 aliphatic heterocycles. The van der Waals surface area contributed by atoms with Crippen LogP contribution in [-0.2, 0) is 6.54 Å². The molecule has 1 aromatic carbocycles. The summed E-state index contributed by atoms with van der Waals surface area (Å²) in [7, 11) is 4.10. The molecule has 0 heterocycles. The second kappa shape index (κ2) is 6.92.